The Morgan fingerprint density at radius 2 is 1.92 bits per heavy atom. The van der Waals surface area contributed by atoms with Crippen LogP contribution in [0, 0.1) is 5.92 Å². The molecule has 0 spiro atoms. The second-order valence-electron chi connectivity index (χ2n) is 6.44. The smallest absolute Gasteiger partial charge is 0.219 e. The van der Waals surface area contributed by atoms with Gasteiger partial charge in [-0.05, 0) is 49.1 Å². The van der Waals surface area contributed by atoms with Gasteiger partial charge in [0.1, 0.15) is 11.5 Å². The molecule has 0 radical (unpaired) electrons. The van der Waals surface area contributed by atoms with Gasteiger partial charge in [0.15, 0.2) is 5.96 Å². The van der Waals surface area contributed by atoms with Crippen LogP contribution in [-0.4, -0.2) is 30.6 Å². The van der Waals surface area contributed by atoms with Gasteiger partial charge in [-0.15, -0.1) is 0 Å². The number of hydrogen-bond donors (Lipinski definition) is 2. The number of aromatic nitrogens is 1. The molecule has 6 heteroatoms. The predicted octanol–water partition coefficient (Wildman–Crippen LogP) is 3.35. The van der Waals surface area contributed by atoms with E-state index in [1.54, 1.807) is 13.3 Å². The van der Waals surface area contributed by atoms with Gasteiger partial charge in [0.2, 0.25) is 5.88 Å². The van der Waals surface area contributed by atoms with Gasteiger partial charge in [0.25, 0.3) is 0 Å². The molecule has 0 bridgehead atoms. The zero-order valence-electron chi connectivity index (χ0n) is 15.5. The highest BCUT2D eigenvalue weighted by Crippen LogP contribution is 2.28. The molecule has 1 saturated carbocycles. The van der Waals surface area contributed by atoms with Crippen molar-refractivity contribution in [3.05, 3.63) is 48.2 Å². The first kappa shape index (κ1) is 18.0. The van der Waals surface area contributed by atoms with Gasteiger partial charge >= 0.3 is 0 Å². The summed E-state index contributed by atoms with van der Waals surface area (Å²) in [6, 6.07) is 11.8. The third-order valence-corrected chi connectivity index (χ3v) is 4.28. The summed E-state index contributed by atoms with van der Waals surface area (Å²) in [5, 5.41) is 6.73. The molecule has 2 atom stereocenters. The zero-order valence-corrected chi connectivity index (χ0v) is 15.5. The first-order valence-corrected chi connectivity index (χ1v) is 8.99. The van der Waals surface area contributed by atoms with E-state index in [-0.39, 0.29) is 0 Å². The summed E-state index contributed by atoms with van der Waals surface area (Å²) in [4.78, 5) is 8.99. The number of guanidine groups is 1. The molecular weight excluding hydrogens is 328 g/mol. The van der Waals surface area contributed by atoms with Crippen molar-refractivity contribution in [2.45, 2.75) is 32.9 Å². The Hall–Kier alpha value is -2.76. The fourth-order valence-electron chi connectivity index (χ4n) is 2.52. The Bertz CT molecular complexity index is 728. The number of hydrogen-bond acceptors (Lipinski definition) is 4. The van der Waals surface area contributed by atoms with E-state index < -0.39 is 0 Å². The van der Waals surface area contributed by atoms with Crippen molar-refractivity contribution in [1.29, 1.82) is 0 Å². The minimum Gasteiger partial charge on any atom is -0.497 e. The van der Waals surface area contributed by atoms with Gasteiger partial charge in [0.05, 0.1) is 13.7 Å². The molecule has 1 aromatic heterocycles. The van der Waals surface area contributed by atoms with Crippen molar-refractivity contribution >= 4 is 5.96 Å². The minimum atomic E-state index is 0.547. The molecule has 0 amide bonds. The first-order chi connectivity index (χ1) is 12.7. The van der Waals surface area contributed by atoms with E-state index in [1.807, 2.05) is 36.4 Å². The average molecular weight is 354 g/mol. The number of nitrogens with one attached hydrogen (secondary N) is 2. The topological polar surface area (TPSA) is 67.8 Å². The van der Waals surface area contributed by atoms with Gasteiger partial charge in [-0.25, -0.2) is 9.98 Å². The molecule has 26 heavy (non-hydrogen) atoms. The molecule has 6 nitrogen and oxygen atoms in total. The lowest BCUT2D eigenvalue weighted by atomic mass is 10.3. The maximum atomic E-state index is 5.74. The molecule has 1 aromatic carbocycles. The Kier molecular flexibility index (Phi) is 5.94. The van der Waals surface area contributed by atoms with E-state index in [0.29, 0.717) is 18.5 Å². The van der Waals surface area contributed by atoms with Crippen molar-refractivity contribution in [1.82, 2.24) is 15.6 Å². The fourth-order valence-corrected chi connectivity index (χ4v) is 2.52. The van der Waals surface area contributed by atoms with E-state index >= 15 is 0 Å². The van der Waals surface area contributed by atoms with E-state index in [1.165, 1.54) is 6.42 Å². The predicted molar refractivity (Wildman–Crippen MR) is 103 cm³/mol. The standard InChI is InChI=1S/C20H26N4O2/c1-4-21-20(24-18-11-14(18)2)23-13-15-5-10-19(22-12-15)26-17-8-6-16(25-3)7-9-17/h5-10,12,14,18H,4,11,13H2,1-3H3,(H2,21,23,24). The Balaban J connectivity index is 1.56. The molecule has 0 saturated heterocycles. The van der Waals surface area contributed by atoms with Crippen molar-refractivity contribution in [3.8, 4) is 17.4 Å². The van der Waals surface area contributed by atoms with Crippen LogP contribution in [-0.2, 0) is 6.54 Å². The molecule has 1 aliphatic rings. The van der Waals surface area contributed by atoms with E-state index in [9.17, 15) is 0 Å². The summed E-state index contributed by atoms with van der Waals surface area (Å²) in [6.07, 6.45) is 3.01. The molecule has 3 rings (SSSR count). The molecule has 2 N–H and O–H groups in total. The number of nitrogens with zero attached hydrogens (tertiary/aromatic N) is 2. The van der Waals surface area contributed by atoms with Crippen LogP contribution in [0.2, 0.25) is 0 Å². The van der Waals surface area contributed by atoms with Gasteiger partial charge < -0.3 is 20.1 Å². The van der Waals surface area contributed by atoms with Gasteiger partial charge in [-0.3, -0.25) is 0 Å². The summed E-state index contributed by atoms with van der Waals surface area (Å²) in [5.74, 6) is 3.67. The maximum Gasteiger partial charge on any atom is 0.219 e. The van der Waals surface area contributed by atoms with Crippen LogP contribution in [0.4, 0.5) is 0 Å². The quantitative estimate of drug-likeness (QED) is 0.590. The van der Waals surface area contributed by atoms with Crippen molar-refractivity contribution in [2.24, 2.45) is 10.9 Å². The maximum absolute atomic E-state index is 5.74. The molecular formula is C20H26N4O2. The number of methoxy groups -OCH3 is 1. The lowest BCUT2D eigenvalue weighted by Crippen LogP contribution is -2.39. The SMILES string of the molecule is CCNC(=NCc1ccc(Oc2ccc(OC)cc2)nc1)NC1CC1C. The highest BCUT2D eigenvalue weighted by Gasteiger charge is 2.33. The molecule has 1 fully saturated rings. The molecule has 138 valence electrons. The summed E-state index contributed by atoms with van der Waals surface area (Å²) >= 11 is 0. The summed E-state index contributed by atoms with van der Waals surface area (Å²) in [7, 11) is 1.64. The Morgan fingerprint density at radius 3 is 2.50 bits per heavy atom. The van der Waals surface area contributed by atoms with E-state index in [2.05, 4.69) is 34.5 Å². The van der Waals surface area contributed by atoms with Crippen LogP contribution in [0.5, 0.6) is 17.4 Å². The average Bonchev–Trinajstić information content (AvgIpc) is 3.36. The van der Waals surface area contributed by atoms with Crippen molar-refractivity contribution in [2.75, 3.05) is 13.7 Å². The highest BCUT2D eigenvalue weighted by atomic mass is 16.5. The fraction of sp³-hybridized carbons (Fsp3) is 0.400. The Morgan fingerprint density at radius 1 is 1.19 bits per heavy atom. The summed E-state index contributed by atoms with van der Waals surface area (Å²) in [6.45, 7) is 5.74. The first-order valence-electron chi connectivity index (χ1n) is 8.99. The van der Waals surface area contributed by atoms with E-state index in [4.69, 9.17) is 9.47 Å². The lowest BCUT2D eigenvalue weighted by molar-refractivity contribution is 0.412. The third kappa shape index (κ3) is 5.12. The number of aliphatic imine (C=N–C) groups is 1. The second-order valence-corrected chi connectivity index (χ2v) is 6.44. The number of rotatable bonds is 7. The molecule has 0 aliphatic heterocycles. The van der Waals surface area contributed by atoms with Gasteiger partial charge in [-0.1, -0.05) is 13.0 Å². The third-order valence-electron chi connectivity index (χ3n) is 4.28. The summed E-state index contributed by atoms with van der Waals surface area (Å²) in [5.41, 5.74) is 1.04. The van der Waals surface area contributed by atoms with Crippen LogP contribution in [0.25, 0.3) is 0 Å². The monoisotopic (exact) mass is 354 g/mol. The molecule has 2 aromatic rings. The van der Waals surface area contributed by atoms with Gasteiger partial charge in [0, 0.05) is 24.8 Å². The normalized spacial score (nSPS) is 19.0. The lowest BCUT2D eigenvalue weighted by Gasteiger charge is -2.10. The van der Waals surface area contributed by atoms with Crippen LogP contribution in [0.1, 0.15) is 25.8 Å². The van der Waals surface area contributed by atoms with Crippen LogP contribution in [0.3, 0.4) is 0 Å². The minimum absolute atomic E-state index is 0.547. The molecule has 2 unspecified atom stereocenters. The van der Waals surface area contributed by atoms with Crippen LogP contribution >= 0.6 is 0 Å². The highest BCUT2D eigenvalue weighted by molar-refractivity contribution is 5.80. The van der Waals surface area contributed by atoms with Crippen LogP contribution in [0.15, 0.2) is 47.6 Å². The molecule has 1 aliphatic carbocycles. The largest absolute Gasteiger partial charge is 0.497 e. The van der Waals surface area contributed by atoms with E-state index in [0.717, 1.165) is 35.5 Å². The zero-order chi connectivity index (χ0) is 18.4. The number of benzene rings is 1. The summed E-state index contributed by atoms with van der Waals surface area (Å²) < 4.78 is 10.9. The van der Waals surface area contributed by atoms with Gasteiger partial charge in [-0.2, -0.15) is 0 Å². The van der Waals surface area contributed by atoms with Crippen molar-refractivity contribution < 1.29 is 9.47 Å². The molecule has 1 heterocycles. The number of ether oxygens (including phenoxy) is 2. The van der Waals surface area contributed by atoms with Crippen molar-refractivity contribution in [3.63, 3.8) is 0 Å². The number of pyridine rings is 1. The Labute approximate surface area is 154 Å². The second kappa shape index (κ2) is 8.56. The van der Waals surface area contributed by atoms with Crippen LogP contribution < -0.4 is 20.1 Å².